The molecule has 1 aromatic carbocycles. The Labute approximate surface area is 136 Å². The molecular formula is C12H10BrIN2O4. The molecule has 2 aromatic rings. The predicted octanol–water partition coefficient (Wildman–Crippen LogP) is 2.53. The second kappa shape index (κ2) is 6.00. The van der Waals surface area contributed by atoms with Crippen LogP contribution < -0.4 is 15.0 Å². The Morgan fingerprint density at radius 1 is 1.30 bits per heavy atom. The van der Waals surface area contributed by atoms with Crippen molar-refractivity contribution < 1.29 is 14.6 Å². The van der Waals surface area contributed by atoms with Crippen molar-refractivity contribution >= 4 is 38.5 Å². The van der Waals surface area contributed by atoms with Gasteiger partial charge in [-0.25, -0.2) is 0 Å². The largest absolute Gasteiger partial charge is 0.493 e. The third kappa shape index (κ3) is 2.75. The lowest BCUT2D eigenvalue weighted by Gasteiger charge is -2.11. The van der Waals surface area contributed by atoms with E-state index in [0.29, 0.717) is 21.5 Å². The van der Waals surface area contributed by atoms with Crippen LogP contribution in [0.5, 0.6) is 17.4 Å². The number of hydrogen-bond acceptors (Lipinski definition) is 5. The Morgan fingerprint density at radius 2 is 1.90 bits per heavy atom. The molecule has 6 nitrogen and oxygen atoms in total. The van der Waals surface area contributed by atoms with Crippen LogP contribution in [0, 0.1) is 3.57 Å². The van der Waals surface area contributed by atoms with E-state index < -0.39 is 5.56 Å². The van der Waals surface area contributed by atoms with E-state index in [0.717, 1.165) is 0 Å². The maximum Gasteiger partial charge on any atom is 0.268 e. The maximum atomic E-state index is 11.7. The molecule has 0 saturated heterocycles. The Hall–Kier alpha value is -1.29. The Balaban J connectivity index is 2.67. The highest BCUT2D eigenvalue weighted by Crippen LogP contribution is 2.37. The molecule has 8 heteroatoms. The molecule has 0 aliphatic heterocycles. The first-order valence-corrected chi connectivity index (χ1v) is 7.25. The van der Waals surface area contributed by atoms with Gasteiger partial charge in [-0.05, 0) is 50.7 Å². The smallest absolute Gasteiger partial charge is 0.268 e. The highest BCUT2D eigenvalue weighted by Gasteiger charge is 2.15. The topological polar surface area (TPSA) is 84.4 Å². The molecule has 0 unspecified atom stereocenters. The molecule has 0 aliphatic carbocycles. The molecule has 2 N–H and O–H groups in total. The van der Waals surface area contributed by atoms with Crippen molar-refractivity contribution in [2.24, 2.45) is 0 Å². The van der Waals surface area contributed by atoms with Gasteiger partial charge < -0.3 is 19.6 Å². The fourth-order valence-corrected chi connectivity index (χ4v) is 2.38. The van der Waals surface area contributed by atoms with Gasteiger partial charge in [0.15, 0.2) is 11.5 Å². The molecule has 0 amide bonds. The van der Waals surface area contributed by atoms with Gasteiger partial charge in [-0.1, -0.05) is 0 Å². The molecule has 0 aliphatic rings. The van der Waals surface area contributed by atoms with Gasteiger partial charge in [-0.3, -0.25) is 4.79 Å². The van der Waals surface area contributed by atoms with Crippen LogP contribution in [-0.4, -0.2) is 29.3 Å². The minimum absolute atomic E-state index is 0.142. The third-order valence-electron chi connectivity index (χ3n) is 2.57. The number of ether oxygens (including phenoxy) is 2. The van der Waals surface area contributed by atoms with Gasteiger partial charge in [0.2, 0.25) is 5.88 Å². The molecule has 0 saturated carbocycles. The first kappa shape index (κ1) is 15.1. The number of methoxy groups -OCH3 is 2. The van der Waals surface area contributed by atoms with Crippen LogP contribution in [0.2, 0.25) is 0 Å². The van der Waals surface area contributed by atoms with Gasteiger partial charge in [0.25, 0.3) is 5.56 Å². The first-order chi connectivity index (χ1) is 9.47. The Kier molecular flexibility index (Phi) is 4.53. The number of H-pyrrole nitrogens is 1. The van der Waals surface area contributed by atoms with Crippen molar-refractivity contribution in [3.05, 3.63) is 30.5 Å². The van der Waals surface area contributed by atoms with Crippen LogP contribution in [0.1, 0.15) is 0 Å². The van der Waals surface area contributed by atoms with E-state index in [1.165, 1.54) is 14.2 Å². The highest BCUT2D eigenvalue weighted by molar-refractivity contribution is 14.1. The molecule has 0 radical (unpaired) electrons. The van der Waals surface area contributed by atoms with Gasteiger partial charge >= 0.3 is 0 Å². The standard InChI is InChI=1S/C12H10BrIN2O4/c1-19-7-3-5(6(13)4-8(7)20-2)10-15-11(17)9(14)12(18)16-10/h3-4H,1-2H3,(H2,15,16,17,18). The molecular weight excluding hydrogens is 443 g/mol. The van der Waals surface area contributed by atoms with Gasteiger partial charge in [0, 0.05) is 10.0 Å². The van der Waals surface area contributed by atoms with E-state index in [1.54, 1.807) is 34.7 Å². The van der Waals surface area contributed by atoms with E-state index in [-0.39, 0.29) is 15.3 Å². The average molecular weight is 453 g/mol. The first-order valence-electron chi connectivity index (χ1n) is 5.38. The number of nitrogens with one attached hydrogen (secondary N) is 1. The second-order valence-electron chi connectivity index (χ2n) is 3.74. The van der Waals surface area contributed by atoms with Crippen molar-refractivity contribution in [3.8, 4) is 28.8 Å². The van der Waals surface area contributed by atoms with E-state index in [9.17, 15) is 9.90 Å². The molecule has 0 fully saturated rings. The summed E-state index contributed by atoms with van der Waals surface area (Å²) in [6.07, 6.45) is 0. The second-order valence-corrected chi connectivity index (χ2v) is 5.67. The summed E-state index contributed by atoms with van der Waals surface area (Å²) in [7, 11) is 3.04. The summed E-state index contributed by atoms with van der Waals surface area (Å²) in [5, 5.41) is 9.65. The maximum absolute atomic E-state index is 11.7. The molecule has 2 rings (SSSR count). The predicted molar refractivity (Wildman–Crippen MR) is 85.5 cm³/mol. The zero-order valence-electron chi connectivity index (χ0n) is 10.5. The van der Waals surface area contributed by atoms with Crippen molar-refractivity contribution in [2.75, 3.05) is 14.2 Å². The van der Waals surface area contributed by atoms with Crippen molar-refractivity contribution in [1.82, 2.24) is 9.97 Å². The van der Waals surface area contributed by atoms with Crippen molar-refractivity contribution in [3.63, 3.8) is 0 Å². The van der Waals surface area contributed by atoms with Crippen LogP contribution >= 0.6 is 38.5 Å². The quantitative estimate of drug-likeness (QED) is 0.699. The number of halogens is 2. The summed E-state index contributed by atoms with van der Waals surface area (Å²) in [6.45, 7) is 0. The molecule has 0 spiro atoms. The lowest BCUT2D eigenvalue weighted by atomic mass is 10.2. The van der Waals surface area contributed by atoms with Crippen LogP contribution in [0.15, 0.2) is 21.4 Å². The number of hydrogen-bond donors (Lipinski definition) is 2. The lowest BCUT2D eigenvalue weighted by Crippen LogP contribution is -2.12. The SMILES string of the molecule is COc1cc(Br)c(-c2nc(O)c(I)c(=O)[nH]2)cc1OC. The summed E-state index contributed by atoms with van der Waals surface area (Å²) in [5.74, 6) is 0.957. The van der Waals surface area contributed by atoms with Gasteiger partial charge in [0.1, 0.15) is 9.39 Å². The van der Waals surface area contributed by atoms with E-state index in [2.05, 4.69) is 25.9 Å². The number of aromatic amines is 1. The zero-order chi connectivity index (χ0) is 14.9. The normalized spacial score (nSPS) is 10.4. The monoisotopic (exact) mass is 452 g/mol. The summed E-state index contributed by atoms with van der Waals surface area (Å²) in [4.78, 5) is 18.3. The summed E-state index contributed by atoms with van der Waals surface area (Å²) >= 11 is 5.10. The van der Waals surface area contributed by atoms with Gasteiger partial charge in [0.05, 0.1) is 14.2 Å². The number of aromatic hydroxyl groups is 1. The Morgan fingerprint density at radius 3 is 2.45 bits per heavy atom. The molecule has 0 atom stereocenters. The van der Waals surface area contributed by atoms with Gasteiger partial charge in [-0.15, -0.1) is 0 Å². The third-order valence-corrected chi connectivity index (χ3v) is 4.20. The summed E-state index contributed by atoms with van der Waals surface area (Å²) in [5.41, 5.74) is 0.168. The summed E-state index contributed by atoms with van der Waals surface area (Å²) < 4.78 is 11.2. The fourth-order valence-electron chi connectivity index (χ4n) is 1.61. The average Bonchev–Trinajstić information content (AvgIpc) is 2.43. The molecule has 0 bridgehead atoms. The van der Waals surface area contributed by atoms with Crippen LogP contribution in [0.25, 0.3) is 11.4 Å². The number of rotatable bonds is 3. The fraction of sp³-hybridized carbons (Fsp3) is 0.167. The van der Waals surface area contributed by atoms with E-state index in [4.69, 9.17) is 9.47 Å². The Bertz CT molecular complexity index is 717. The zero-order valence-corrected chi connectivity index (χ0v) is 14.3. The van der Waals surface area contributed by atoms with Gasteiger partial charge in [-0.2, -0.15) is 4.98 Å². The number of nitrogens with zero attached hydrogens (tertiary/aromatic N) is 1. The number of aromatic nitrogens is 2. The van der Waals surface area contributed by atoms with Crippen molar-refractivity contribution in [1.29, 1.82) is 0 Å². The van der Waals surface area contributed by atoms with Crippen LogP contribution in [0.3, 0.4) is 0 Å². The summed E-state index contributed by atoms with van der Waals surface area (Å²) in [6, 6.07) is 3.36. The van der Waals surface area contributed by atoms with E-state index >= 15 is 0 Å². The van der Waals surface area contributed by atoms with Crippen molar-refractivity contribution in [2.45, 2.75) is 0 Å². The van der Waals surface area contributed by atoms with Crippen LogP contribution in [0.4, 0.5) is 0 Å². The minimum atomic E-state index is -0.408. The van der Waals surface area contributed by atoms with Crippen LogP contribution in [-0.2, 0) is 0 Å². The highest BCUT2D eigenvalue weighted by atomic mass is 127. The molecule has 20 heavy (non-hydrogen) atoms. The number of benzene rings is 1. The lowest BCUT2D eigenvalue weighted by molar-refractivity contribution is 0.355. The molecule has 106 valence electrons. The molecule has 1 aromatic heterocycles. The minimum Gasteiger partial charge on any atom is -0.493 e. The van der Waals surface area contributed by atoms with E-state index in [1.807, 2.05) is 0 Å². The molecule has 1 heterocycles.